The maximum atomic E-state index is 4.31. The van der Waals surface area contributed by atoms with Gasteiger partial charge in [0.05, 0.1) is 0 Å². The van der Waals surface area contributed by atoms with E-state index in [9.17, 15) is 0 Å². The second-order valence-corrected chi connectivity index (χ2v) is 3.15. The maximum absolute atomic E-state index is 4.31. The predicted octanol–water partition coefficient (Wildman–Crippen LogP) is 1.80. The Hall–Kier alpha value is -1.61. The first-order valence-corrected chi connectivity index (χ1v) is 4.64. The van der Waals surface area contributed by atoms with E-state index in [1.54, 1.807) is 0 Å². The number of benzene rings is 1. The first kappa shape index (κ1) is 8.97. The van der Waals surface area contributed by atoms with Crippen LogP contribution in [0.4, 0.5) is 0 Å². The summed E-state index contributed by atoms with van der Waals surface area (Å²) in [5, 5.41) is 3.08. The third-order valence-electron chi connectivity index (χ3n) is 2.04. The third-order valence-corrected chi connectivity index (χ3v) is 2.04. The number of nitrogens with zero attached hydrogens (tertiary/aromatic N) is 1. The average Bonchev–Trinajstić information content (AvgIpc) is 2.68. The van der Waals surface area contributed by atoms with E-state index in [4.69, 9.17) is 0 Å². The fraction of sp³-hybridized carbons (Fsp3) is 0.182. The van der Waals surface area contributed by atoms with Crippen LogP contribution in [0.2, 0.25) is 0 Å². The Morgan fingerprint density at radius 2 is 2.07 bits per heavy atom. The van der Waals surface area contributed by atoms with Gasteiger partial charge in [0.2, 0.25) is 0 Å². The van der Waals surface area contributed by atoms with Gasteiger partial charge in [0, 0.05) is 24.0 Å². The Labute approximate surface area is 83.2 Å². The molecule has 14 heavy (non-hydrogen) atoms. The molecule has 0 bridgehead atoms. The molecule has 0 unspecified atom stereocenters. The van der Waals surface area contributed by atoms with Crippen molar-refractivity contribution in [2.75, 3.05) is 7.05 Å². The van der Waals surface area contributed by atoms with E-state index < -0.39 is 0 Å². The lowest BCUT2D eigenvalue weighted by Crippen LogP contribution is -2.04. The number of imidazole rings is 1. The zero-order chi connectivity index (χ0) is 9.80. The molecule has 0 fully saturated rings. The van der Waals surface area contributed by atoms with Gasteiger partial charge in [0.1, 0.15) is 5.82 Å². The summed E-state index contributed by atoms with van der Waals surface area (Å²) in [7, 11) is 1.92. The number of aromatic amines is 1. The van der Waals surface area contributed by atoms with Crippen molar-refractivity contribution in [2.24, 2.45) is 0 Å². The molecule has 0 atom stereocenters. The van der Waals surface area contributed by atoms with Gasteiger partial charge >= 0.3 is 0 Å². The van der Waals surface area contributed by atoms with Crippen LogP contribution in [0.3, 0.4) is 0 Å². The van der Waals surface area contributed by atoms with Crippen LogP contribution < -0.4 is 5.32 Å². The minimum atomic E-state index is 0.819. The van der Waals surface area contributed by atoms with Gasteiger partial charge in [-0.25, -0.2) is 4.98 Å². The van der Waals surface area contributed by atoms with Gasteiger partial charge in [0.25, 0.3) is 0 Å². The number of H-pyrrole nitrogens is 1. The molecule has 1 heterocycles. The second-order valence-electron chi connectivity index (χ2n) is 3.15. The van der Waals surface area contributed by atoms with Crippen molar-refractivity contribution in [3.63, 3.8) is 0 Å². The molecular formula is C11H13N3. The van der Waals surface area contributed by atoms with E-state index in [1.807, 2.05) is 43.6 Å². The van der Waals surface area contributed by atoms with Gasteiger partial charge in [0.15, 0.2) is 0 Å². The van der Waals surface area contributed by atoms with Crippen LogP contribution in [0.5, 0.6) is 0 Å². The first-order chi connectivity index (χ1) is 6.90. The molecule has 1 aromatic heterocycles. The molecule has 72 valence electrons. The Morgan fingerprint density at radius 1 is 1.29 bits per heavy atom. The first-order valence-electron chi connectivity index (χ1n) is 4.64. The average molecular weight is 187 g/mol. The van der Waals surface area contributed by atoms with Gasteiger partial charge < -0.3 is 10.3 Å². The van der Waals surface area contributed by atoms with E-state index in [2.05, 4.69) is 15.3 Å². The summed E-state index contributed by atoms with van der Waals surface area (Å²) in [6.07, 6.45) is 1.86. The highest BCUT2D eigenvalue weighted by atomic mass is 14.9. The van der Waals surface area contributed by atoms with E-state index >= 15 is 0 Å². The van der Waals surface area contributed by atoms with E-state index in [-0.39, 0.29) is 0 Å². The summed E-state index contributed by atoms with van der Waals surface area (Å²) in [5.41, 5.74) is 2.22. The molecule has 3 nitrogen and oxygen atoms in total. The lowest BCUT2D eigenvalue weighted by atomic mass is 10.2. The van der Waals surface area contributed by atoms with Crippen molar-refractivity contribution >= 4 is 0 Å². The van der Waals surface area contributed by atoms with Gasteiger partial charge in [-0.15, -0.1) is 0 Å². The fourth-order valence-corrected chi connectivity index (χ4v) is 1.38. The largest absolute Gasteiger partial charge is 0.341 e. The zero-order valence-corrected chi connectivity index (χ0v) is 8.12. The summed E-state index contributed by atoms with van der Waals surface area (Å²) in [5.74, 6) is 0.927. The molecular weight excluding hydrogens is 174 g/mol. The van der Waals surface area contributed by atoms with Gasteiger partial charge in [-0.05, 0) is 7.05 Å². The monoisotopic (exact) mass is 187 g/mol. The topological polar surface area (TPSA) is 40.7 Å². The van der Waals surface area contributed by atoms with E-state index in [0.29, 0.717) is 0 Å². The van der Waals surface area contributed by atoms with Crippen molar-refractivity contribution in [3.8, 4) is 11.4 Å². The zero-order valence-electron chi connectivity index (χ0n) is 8.12. The highest BCUT2D eigenvalue weighted by Gasteiger charge is 2.01. The van der Waals surface area contributed by atoms with Crippen LogP contribution in [-0.4, -0.2) is 17.0 Å². The van der Waals surface area contributed by atoms with Crippen LogP contribution in [0.1, 0.15) is 5.69 Å². The predicted molar refractivity (Wildman–Crippen MR) is 56.8 cm³/mol. The van der Waals surface area contributed by atoms with Crippen molar-refractivity contribution in [3.05, 3.63) is 42.2 Å². The Kier molecular flexibility index (Phi) is 2.60. The lowest BCUT2D eigenvalue weighted by Gasteiger charge is -1.95. The highest BCUT2D eigenvalue weighted by molar-refractivity contribution is 5.54. The van der Waals surface area contributed by atoms with Gasteiger partial charge in [-0.3, -0.25) is 0 Å². The van der Waals surface area contributed by atoms with Crippen LogP contribution in [0.15, 0.2) is 36.5 Å². The smallest absolute Gasteiger partial charge is 0.137 e. The Morgan fingerprint density at radius 3 is 2.79 bits per heavy atom. The summed E-state index contributed by atoms with van der Waals surface area (Å²) in [6.45, 7) is 0.819. The summed E-state index contributed by atoms with van der Waals surface area (Å²) in [6, 6.07) is 10.1. The molecule has 0 radical (unpaired) electrons. The van der Waals surface area contributed by atoms with Gasteiger partial charge in [-0.1, -0.05) is 30.3 Å². The fourth-order valence-electron chi connectivity index (χ4n) is 1.38. The molecule has 0 aliphatic carbocycles. The number of rotatable bonds is 3. The molecule has 2 aromatic rings. The summed E-state index contributed by atoms with van der Waals surface area (Å²) >= 11 is 0. The molecule has 0 amide bonds. The molecule has 0 aliphatic rings. The quantitative estimate of drug-likeness (QED) is 0.769. The van der Waals surface area contributed by atoms with Crippen LogP contribution in [-0.2, 0) is 6.54 Å². The molecule has 2 rings (SSSR count). The SMILES string of the molecule is CNCc1cnc(-c2ccccc2)[nH]1. The maximum Gasteiger partial charge on any atom is 0.137 e. The Balaban J connectivity index is 2.25. The molecule has 3 heteroatoms. The van der Waals surface area contributed by atoms with Crippen molar-refractivity contribution in [1.29, 1.82) is 0 Å². The minimum Gasteiger partial charge on any atom is -0.341 e. The highest BCUT2D eigenvalue weighted by Crippen LogP contribution is 2.14. The molecule has 0 aliphatic heterocycles. The van der Waals surface area contributed by atoms with Crippen molar-refractivity contribution in [1.82, 2.24) is 15.3 Å². The molecule has 1 aromatic carbocycles. The lowest BCUT2D eigenvalue weighted by molar-refractivity contribution is 0.797. The molecule has 0 spiro atoms. The van der Waals surface area contributed by atoms with Crippen molar-refractivity contribution in [2.45, 2.75) is 6.54 Å². The van der Waals surface area contributed by atoms with Crippen LogP contribution in [0.25, 0.3) is 11.4 Å². The van der Waals surface area contributed by atoms with Crippen molar-refractivity contribution < 1.29 is 0 Å². The molecule has 2 N–H and O–H groups in total. The standard InChI is InChI=1S/C11H13N3/c1-12-7-10-8-13-11(14-10)9-5-3-2-4-6-9/h2-6,8,12H,7H2,1H3,(H,13,14). The minimum absolute atomic E-state index is 0.819. The summed E-state index contributed by atoms with van der Waals surface area (Å²) < 4.78 is 0. The normalized spacial score (nSPS) is 10.4. The molecule has 0 saturated carbocycles. The second kappa shape index (κ2) is 4.07. The Bertz CT molecular complexity index is 392. The summed E-state index contributed by atoms with van der Waals surface area (Å²) in [4.78, 5) is 7.57. The molecule has 0 saturated heterocycles. The van der Waals surface area contributed by atoms with Crippen LogP contribution >= 0.6 is 0 Å². The van der Waals surface area contributed by atoms with E-state index in [0.717, 1.165) is 23.6 Å². The van der Waals surface area contributed by atoms with Crippen LogP contribution in [0, 0.1) is 0 Å². The number of hydrogen-bond donors (Lipinski definition) is 2. The van der Waals surface area contributed by atoms with Gasteiger partial charge in [-0.2, -0.15) is 0 Å². The number of hydrogen-bond acceptors (Lipinski definition) is 2. The third kappa shape index (κ3) is 1.83. The van der Waals surface area contributed by atoms with E-state index in [1.165, 1.54) is 0 Å². The number of aromatic nitrogens is 2. The number of nitrogens with one attached hydrogen (secondary N) is 2.